The van der Waals surface area contributed by atoms with Crippen LogP contribution in [0, 0.1) is 0 Å². The molecule has 0 spiro atoms. The Labute approximate surface area is 105 Å². The number of aliphatic hydroxyl groups excluding tert-OH is 1. The van der Waals surface area contributed by atoms with E-state index in [0.29, 0.717) is 23.7 Å². The van der Waals surface area contributed by atoms with Crippen LogP contribution in [0.1, 0.15) is 24.3 Å². The van der Waals surface area contributed by atoms with Gasteiger partial charge in [0, 0.05) is 25.4 Å². The Morgan fingerprint density at radius 1 is 1.47 bits per heavy atom. The van der Waals surface area contributed by atoms with E-state index in [4.69, 9.17) is 11.6 Å². The molecule has 4 nitrogen and oxygen atoms in total. The highest BCUT2D eigenvalue weighted by Gasteiger charge is 2.17. The third-order valence-electron chi connectivity index (χ3n) is 2.60. The summed E-state index contributed by atoms with van der Waals surface area (Å²) in [6.07, 6.45) is 4.84. The maximum atomic E-state index is 10.2. The van der Waals surface area contributed by atoms with Crippen molar-refractivity contribution in [3.05, 3.63) is 47.0 Å². The van der Waals surface area contributed by atoms with Gasteiger partial charge in [-0.3, -0.25) is 9.67 Å². The molecule has 0 aliphatic heterocycles. The second-order valence-electron chi connectivity index (χ2n) is 3.77. The van der Waals surface area contributed by atoms with Crippen molar-refractivity contribution in [1.29, 1.82) is 0 Å². The zero-order chi connectivity index (χ0) is 12.3. The number of aryl methyl sites for hydroxylation is 1. The summed E-state index contributed by atoms with van der Waals surface area (Å²) < 4.78 is 1.71. The van der Waals surface area contributed by atoms with Crippen molar-refractivity contribution in [2.45, 2.75) is 26.0 Å². The summed E-state index contributed by atoms with van der Waals surface area (Å²) in [5.41, 5.74) is 1.64. The lowest BCUT2D eigenvalue weighted by atomic mass is 10.1. The van der Waals surface area contributed by atoms with Crippen LogP contribution in [0.2, 0.25) is 5.02 Å². The maximum absolute atomic E-state index is 10.2. The molecule has 1 N–H and O–H groups in total. The van der Waals surface area contributed by atoms with Crippen LogP contribution in [0.15, 0.2) is 30.7 Å². The van der Waals surface area contributed by atoms with Gasteiger partial charge >= 0.3 is 0 Å². The number of halogens is 1. The largest absolute Gasteiger partial charge is 0.386 e. The third kappa shape index (κ3) is 2.65. The van der Waals surface area contributed by atoms with Gasteiger partial charge in [-0.1, -0.05) is 17.7 Å². The van der Waals surface area contributed by atoms with Crippen molar-refractivity contribution in [1.82, 2.24) is 14.8 Å². The van der Waals surface area contributed by atoms with Crippen LogP contribution in [0.3, 0.4) is 0 Å². The lowest BCUT2D eigenvalue weighted by Crippen LogP contribution is -2.10. The van der Waals surface area contributed by atoms with E-state index in [-0.39, 0.29) is 0 Å². The fourth-order valence-corrected chi connectivity index (χ4v) is 2.06. The molecule has 1 atom stereocenters. The Balaban J connectivity index is 2.20. The van der Waals surface area contributed by atoms with Gasteiger partial charge in [0.25, 0.3) is 0 Å². The predicted octanol–water partition coefficient (Wildman–Crippen LogP) is 2.23. The molecule has 2 aromatic rings. The number of nitrogens with zero attached hydrogens (tertiary/aromatic N) is 3. The second-order valence-corrected chi connectivity index (χ2v) is 4.18. The third-order valence-corrected chi connectivity index (χ3v) is 2.89. The molecular weight excluding hydrogens is 238 g/mol. The molecule has 2 rings (SSSR count). The summed E-state index contributed by atoms with van der Waals surface area (Å²) in [6, 6.07) is 3.78. The van der Waals surface area contributed by atoms with Gasteiger partial charge in [0.2, 0.25) is 0 Å². The summed E-state index contributed by atoms with van der Waals surface area (Å²) in [5, 5.41) is 14.8. The molecule has 0 saturated heterocycles. The Kier molecular flexibility index (Phi) is 3.76. The van der Waals surface area contributed by atoms with E-state index in [1.165, 1.54) is 0 Å². The average molecular weight is 252 g/mol. The van der Waals surface area contributed by atoms with E-state index < -0.39 is 6.10 Å². The van der Waals surface area contributed by atoms with Crippen LogP contribution in [-0.2, 0) is 13.0 Å². The van der Waals surface area contributed by atoms with Crippen molar-refractivity contribution in [3.8, 4) is 0 Å². The van der Waals surface area contributed by atoms with Crippen LogP contribution in [0.5, 0.6) is 0 Å². The SMILES string of the molecule is CCn1ncc(Cl)c1C(O)Cc1cccnc1. The first-order valence-electron chi connectivity index (χ1n) is 5.50. The maximum Gasteiger partial charge on any atom is 0.101 e. The lowest BCUT2D eigenvalue weighted by Gasteiger charge is -2.12. The summed E-state index contributed by atoms with van der Waals surface area (Å²) in [4.78, 5) is 4.02. The van der Waals surface area contributed by atoms with Gasteiger partial charge in [0.1, 0.15) is 6.10 Å². The van der Waals surface area contributed by atoms with Crippen LogP contribution < -0.4 is 0 Å². The number of hydrogen-bond donors (Lipinski definition) is 1. The quantitative estimate of drug-likeness (QED) is 0.907. The molecule has 0 aliphatic carbocycles. The zero-order valence-electron chi connectivity index (χ0n) is 9.55. The summed E-state index contributed by atoms with van der Waals surface area (Å²) in [6.45, 7) is 2.65. The van der Waals surface area contributed by atoms with Gasteiger partial charge in [-0.15, -0.1) is 0 Å². The fourth-order valence-electron chi connectivity index (χ4n) is 1.79. The molecule has 0 amide bonds. The van der Waals surface area contributed by atoms with Gasteiger partial charge in [-0.05, 0) is 18.6 Å². The molecule has 0 saturated carbocycles. The molecule has 0 aliphatic rings. The molecule has 2 aromatic heterocycles. The zero-order valence-corrected chi connectivity index (χ0v) is 10.3. The van der Waals surface area contributed by atoms with E-state index in [0.717, 1.165) is 5.56 Å². The monoisotopic (exact) mass is 251 g/mol. The minimum Gasteiger partial charge on any atom is -0.386 e. The molecule has 90 valence electrons. The number of pyridine rings is 1. The highest BCUT2D eigenvalue weighted by molar-refractivity contribution is 6.31. The molecule has 0 fully saturated rings. The number of aromatic nitrogens is 3. The van der Waals surface area contributed by atoms with Crippen LogP contribution in [-0.4, -0.2) is 19.9 Å². The van der Waals surface area contributed by atoms with E-state index in [1.54, 1.807) is 23.3 Å². The van der Waals surface area contributed by atoms with E-state index in [1.807, 2.05) is 19.1 Å². The minimum absolute atomic E-state index is 0.485. The van der Waals surface area contributed by atoms with Crippen molar-refractivity contribution in [2.75, 3.05) is 0 Å². The number of aliphatic hydroxyl groups is 1. The van der Waals surface area contributed by atoms with Crippen molar-refractivity contribution in [2.24, 2.45) is 0 Å². The number of rotatable bonds is 4. The molecule has 0 radical (unpaired) electrons. The molecule has 2 heterocycles. The second kappa shape index (κ2) is 5.29. The van der Waals surface area contributed by atoms with Gasteiger partial charge < -0.3 is 5.11 Å². The van der Waals surface area contributed by atoms with Crippen LogP contribution >= 0.6 is 11.6 Å². The van der Waals surface area contributed by atoms with E-state index >= 15 is 0 Å². The van der Waals surface area contributed by atoms with Crippen molar-refractivity contribution < 1.29 is 5.11 Å². The predicted molar refractivity (Wildman–Crippen MR) is 65.8 cm³/mol. The highest BCUT2D eigenvalue weighted by atomic mass is 35.5. The first kappa shape index (κ1) is 12.1. The Morgan fingerprint density at radius 2 is 2.29 bits per heavy atom. The van der Waals surface area contributed by atoms with Crippen LogP contribution in [0.25, 0.3) is 0 Å². The van der Waals surface area contributed by atoms with Gasteiger partial charge in [-0.2, -0.15) is 5.10 Å². The molecule has 0 aromatic carbocycles. The van der Waals surface area contributed by atoms with Crippen molar-refractivity contribution >= 4 is 11.6 Å². The van der Waals surface area contributed by atoms with E-state index in [9.17, 15) is 5.11 Å². The summed E-state index contributed by atoms with van der Waals surface area (Å²) in [7, 11) is 0. The molecule has 0 bridgehead atoms. The topological polar surface area (TPSA) is 50.9 Å². The van der Waals surface area contributed by atoms with E-state index in [2.05, 4.69) is 10.1 Å². The van der Waals surface area contributed by atoms with Crippen LogP contribution in [0.4, 0.5) is 0 Å². The smallest absolute Gasteiger partial charge is 0.101 e. The lowest BCUT2D eigenvalue weighted by molar-refractivity contribution is 0.167. The first-order valence-corrected chi connectivity index (χ1v) is 5.88. The molecular formula is C12H14ClN3O. The molecule has 5 heteroatoms. The summed E-state index contributed by atoms with van der Waals surface area (Å²) in [5.74, 6) is 0. The summed E-state index contributed by atoms with van der Waals surface area (Å²) >= 11 is 6.03. The fraction of sp³-hybridized carbons (Fsp3) is 0.333. The number of hydrogen-bond acceptors (Lipinski definition) is 3. The van der Waals surface area contributed by atoms with Gasteiger partial charge in [0.05, 0.1) is 16.9 Å². The standard InChI is InChI=1S/C12H14ClN3O/c1-2-16-12(10(13)8-15-16)11(17)6-9-4-3-5-14-7-9/h3-5,7-8,11,17H,2,6H2,1H3. The normalized spacial score (nSPS) is 12.6. The van der Waals surface area contributed by atoms with Crippen molar-refractivity contribution in [3.63, 3.8) is 0 Å². The Morgan fingerprint density at radius 3 is 2.94 bits per heavy atom. The molecule has 1 unspecified atom stereocenters. The van der Waals surface area contributed by atoms with Gasteiger partial charge in [0.15, 0.2) is 0 Å². The Hall–Kier alpha value is -1.39. The molecule has 17 heavy (non-hydrogen) atoms. The highest BCUT2D eigenvalue weighted by Crippen LogP contribution is 2.25. The first-order chi connectivity index (χ1) is 8.22. The average Bonchev–Trinajstić information content (AvgIpc) is 2.71. The Bertz CT molecular complexity index is 484. The minimum atomic E-state index is -0.658. The van der Waals surface area contributed by atoms with Gasteiger partial charge in [-0.25, -0.2) is 0 Å².